The van der Waals surface area contributed by atoms with E-state index >= 15 is 0 Å². The van der Waals surface area contributed by atoms with Crippen LogP contribution in [0.5, 0.6) is 17.2 Å². The van der Waals surface area contributed by atoms with Gasteiger partial charge in [0.1, 0.15) is 5.75 Å². The number of hydrogen-bond acceptors (Lipinski definition) is 5. The second kappa shape index (κ2) is 9.41. The maximum Gasteiger partial charge on any atom is 0.271 e. The molecule has 0 aliphatic carbocycles. The molecule has 0 saturated heterocycles. The van der Waals surface area contributed by atoms with Crippen molar-refractivity contribution in [3.05, 3.63) is 77.9 Å². The number of carbonyl (C=O) groups excluding carboxylic acids is 1. The lowest BCUT2D eigenvalue weighted by Gasteiger charge is -2.11. The lowest BCUT2D eigenvalue weighted by atomic mass is 10.0. The van der Waals surface area contributed by atoms with Crippen LogP contribution >= 0.6 is 0 Å². The van der Waals surface area contributed by atoms with Crippen molar-refractivity contribution in [3.63, 3.8) is 0 Å². The van der Waals surface area contributed by atoms with Gasteiger partial charge >= 0.3 is 0 Å². The Morgan fingerprint density at radius 3 is 2.00 bits per heavy atom. The Labute approximate surface area is 169 Å². The zero-order chi connectivity index (χ0) is 20.6. The van der Waals surface area contributed by atoms with Crippen LogP contribution in [0.1, 0.15) is 15.9 Å². The minimum absolute atomic E-state index is 0.305. The van der Waals surface area contributed by atoms with E-state index in [0.717, 1.165) is 11.1 Å². The van der Waals surface area contributed by atoms with Gasteiger partial charge in [0.15, 0.2) is 11.5 Å². The molecule has 6 nitrogen and oxygen atoms in total. The molecular weight excluding hydrogens is 368 g/mol. The summed E-state index contributed by atoms with van der Waals surface area (Å²) in [5.41, 5.74) is 5.82. The van der Waals surface area contributed by atoms with Gasteiger partial charge in [-0.25, -0.2) is 5.43 Å². The largest absolute Gasteiger partial charge is 0.496 e. The van der Waals surface area contributed by atoms with Crippen LogP contribution in [-0.4, -0.2) is 33.5 Å². The topological polar surface area (TPSA) is 69.2 Å². The van der Waals surface area contributed by atoms with Crippen LogP contribution in [0.25, 0.3) is 11.1 Å². The molecule has 1 amide bonds. The van der Waals surface area contributed by atoms with Crippen molar-refractivity contribution in [2.24, 2.45) is 5.10 Å². The molecule has 1 N–H and O–H groups in total. The molecule has 0 fully saturated rings. The number of carbonyl (C=O) groups is 1. The molecule has 0 spiro atoms. The minimum Gasteiger partial charge on any atom is -0.496 e. The average molecular weight is 390 g/mol. The van der Waals surface area contributed by atoms with E-state index in [1.165, 1.54) is 6.21 Å². The minimum atomic E-state index is -0.305. The number of nitrogens with one attached hydrogen (secondary N) is 1. The van der Waals surface area contributed by atoms with E-state index in [0.29, 0.717) is 28.4 Å². The Balaban J connectivity index is 1.71. The summed E-state index contributed by atoms with van der Waals surface area (Å²) in [6.45, 7) is 0. The summed E-state index contributed by atoms with van der Waals surface area (Å²) in [4.78, 5) is 12.4. The lowest BCUT2D eigenvalue weighted by Crippen LogP contribution is -2.17. The second-order valence-corrected chi connectivity index (χ2v) is 6.09. The van der Waals surface area contributed by atoms with E-state index in [-0.39, 0.29) is 5.91 Å². The summed E-state index contributed by atoms with van der Waals surface area (Å²) in [5, 5.41) is 4.04. The van der Waals surface area contributed by atoms with Gasteiger partial charge in [0.25, 0.3) is 5.91 Å². The molecule has 3 rings (SSSR count). The third-order valence-corrected chi connectivity index (χ3v) is 4.36. The molecule has 0 aromatic heterocycles. The highest BCUT2D eigenvalue weighted by molar-refractivity contribution is 5.95. The van der Waals surface area contributed by atoms with Gasteiger partial charge in [-0.2, -0.15) is 5.10 Å². The molecule has 0 aliphatic heterocycles. The van der Waals surface area contributed by atoms with E-state index in [1.807, 2.05) is 42.5 Å². The van der Waals surface area contributed by atoms with E-state index < -0.39 is 0 Å². The molecule has 0 unspecified atom stereocenters. The molecule has 0 saturated carbocycles. The lowest BCUT2D eigenvalue weighted by molar-refractivity contribution is 0.0955. The Morgan fingerprint density at radius 2 is 1.38 bits per heavy atom. The van der Waals surface area contributed by atoms with Gasteiger partial charge in [-0.1, -0.05) is 42.5 Å². The number of rotatable bonds is 7. The van der Waals surface area contributed by atoms with Crippen LogP contribution in [0.3, 0.4) is 0 Å². The van der Waals surface area contributed by atoms with Crippen LogP contribution in [0.2, 0.25) is 0 Å². The summed E-state index contributed by atoms with van der Waals surface area (Å²) in [5.74, 6) is 1.33. The fourth-order valence-corrected chi connectivity index (χ4v) is 2.82. The van der Waals surface area contributed by atoms with Crippen molar-refractivity contribution in [2.45, 2.75) is 0 Å². The first-order valence-corrected chi connectivity index (χ1v) is 8.95. The maximum absolute atomic E-state index is 12.4. The van der Waals surface area contributed by atoms with Gasteiger partial charge in [-0.3, -0.25) is 4.79 Å². The van der Waals surface area contributed by atoms with Crippen LogP contribution in [0.15, 0.2) is 71.8 Å². The van der Waals surface area contributed by atoms with Crippen LogP contribution < -0.4 is 19.6 Å². The number of amides is 1. The zero-order valence-electron chi connectivity index (χ0n) is 16.5. The van der Waals surface area contributed by atoms with Crippen molar-refractivity contribution < 1.29 is 19.0 Å². The van der Waals surface area contributed by atoms with E-state index in [4.69, 9.17) is 14.2 Å². The third-order valence-electron chi connectivity index (χ3n) is 4.36. The standard InChI is InChI=1S/C23H22N2O4/c1-27-20-14-22(29-3)21(28-2)13-19(20)15-24-25-23(26)18-11-9-17(10-12-18)16-7-5-4-6-8-16/h4-15H,1-3H3,(H,25,26)/b24-15-. The Morgan fingerprint density at radius 1 is 0.793 bits per heavy atom. The number of benzene rings is 3. The van der Waals surface area contributed by atoms with Gasteiger partial charge in [0.2, 0.25) is 0 Å². The summed E-state index contributed by atoms with van der Waals surface area (Å²) < 4.78 is 15.9. The van der Waals surface area contributed by atoms with Gasteiger partial charge < -0.3 is 14.2 Å². The van der Waals surface area contributed by atoms with Gasteiger partial charge in [-0.05, 0) is 29.3 Å². The first-order chi connectivity index (χ1) is 14.2. The summed E-state index contributed by atoms with van der Waals surface area (Å²) in [6.07, 6.45) is 1.50. The fourth-order valence-electron chi connectivity index (χ4n) is 2.82. The zero-order valence-corrected chi connectivity index (χ0v) is 16.5. The number of ether oxygens (including phenoxy) is 3. The molecular formula is C23H22N2O4. The van der Waals surface area contributed by atoms with Crippen molar-refractivity contribution in [1.82, 2.24) is 5.43 Å². The SMILES string of the molecule is COc1cc(OC)c(OC)cc1/C=N\NC(=O)c1ccc(-c2ccccc2)cc1. The van der Waals surface area contributed by atoms with E-state index in [2.05, 4.69) is 10.5 Å². The number of hydrogen-bond donors (Lipinski definition) is 1. The first kappa shape index (κ1) is 19.9. The normalized spacial score (nSPS) is 10.6. The predicted octanol–water partition coefficient (Wildman–Crippen LogP) is 4.14. The van der Waals surface area contributed by atoms with E-state index in [9.17, 15) is 4.79 Å². The highest BCUT2D eigenvalue weighted by atomic mass is 16.5. The fraction of sp³-hybridized carbons (Fsp3) is 0.130. The monoisotopic (exact) mass is 390 g/mol. The van der Waals surface area contributed by atoms with Crippen LogP contribution in [0, 0.1) is 0 Å². The summed E-state index contributed by atoms with van der Waals surface area (Å²) >= 11 is 0. The van der Waals surface area contributed by atoms with Gasteiger partial charge in [0.05, 0.1) is 27.5 Å². The molecule has 0 bridgehead atoms. The van der Waals surface area contributed by atoms with E-state index in [1.54, 1.807) is 45.6 Å². The molecule has 29 heavy (non-hydrogen) atoms. The van der Waals surface area contributed by atoms with Crippen molar-refractivity contribution in [2.75, 3.05) is 21.3 Å². The number of methoxy groups -OCH3 is 3. The highest BCUT2D eigenvalue weighted by Gasteiger charge is 2.11. The van der Waals surface area contributed by atoms with Crippen LogP contribution in [0.4, 0.5) is 0 Å². The maximum atomic E-state index is 12.4. The molecule has 0 aliphatic rings. The quantitative estimate of drug-likeness (QED) is 0.486. The molecule has 148 valence electrons. The average Bonchev–Trinajstić information content (AvgIpc) is 2.79. The first-order valence-electron chi connectivity index (χ1n) is 8.95. The van der Waals surface area contributed by atoms with Crippen LogP contribution in [-0.2, 0) is 0 Å². The van der Waals surface area contributed by atoms with Gasteiger partial charge in [0, 0.05) is 17.2 Å². The van der Waals surface area contributed by atoms with Gasteiger partial charge in [-0.15, -0.1) is 0 Å². The van der Waals surface area contributed by atoms with Crippen molar-refractivity contribution in [1.29, 1.82) is 0 Å². The van der Waals surface area contributed by atoms with Crippen molar-refractivity contribution >= 4 is 12.1 Å². The molecule has 3 aromatic carbocycles. The summed E-state index contributed by atoms with van der Waals surface area (Å²) in [6, 6.07) is 20.8. The molecule has 3 aromatic rings. The molecule has 0 radical (unpaired) electrons. The number of nitrogens with zero attached hydrogens (tertiary/aromatic N) is 1. The third kappa shape index (κ3) is 4.73. The van der Waals surface area contributed by atoms with Crippen molar-refractivity contribution in [3.8, 4) is 28.4 Å². The number of hydrazone groups is 1. The highest BCUT2D eigenvalue weighted by Crippen LogP contribution is 2.33. The molecule has 6 heteroatoms. The summed E-state index contributed by atoms with van der Waals surface area (Å²) in [7, 11) is 4.64. The molecule has 0 heterocycles. The molecule has 0 atom stereocenters. The Hall–Kier alpha value is -3.80. The Bertz CT molecular complexity index is 999. The predicted molar refractivity (Wildman–Crippen MR) is 113 cm³/mol. The Kier molecular flexibility index (Phi) is 6.47. The second-order valence-electron chi connectivity index (χ2n) is 6.09. The smallest absolute Gasteiger partial charge is 0.271 e.